The molecule has 7 heteroatoms. The summed E-state index contributed by atoms with van der Waals surface area (Å²) in [7, 11) is 1.98. The van der Waals surface area contributed by atoms with E-state index < -0.39 is 5.60 Å². The minimum Gasteiger partial charge on any atom is -0.388 e. The van der Waals surface area contributed by atoms with Crippen LogP contribution < -0.4 is 10.6 Å². The first-order valence-electron chi connectivity index (χ1n) is 9.60. The number of guanidine groups is 1. The highest BCUT2D eigenvalue weighted by Gasteiger charge is 2.24. The molecule has 6 nitrogen and oxygen atoms in total. The number of rotatable bonds is 10. The summed E-state index contributed by atoms with van der Waals surface area (Å²) in [5.74, 6) is 0.771. The van der Waals surface area contributed by atoms with Crippen molar-refractivity contribution in [3.63, 3.8) is 0 Å². The lowest BCUT2D eigenvalue weighted by molar-refractivity contribution is 0.0306. The lowest BCUT2D eigenvalue weighted by Gasteiger charge is -2.26. The summed E-state index contributed by atoms with van der Waals surface area (Å²) in [6, 6.07) is 0. The third kappa shape index (κ3) is 7.82. The molecule has 0 aliphatic rings. The van der Waals surface area contributed by atoms with Crippen LogP contribution in [0.25, 0.3) is 0 Å². The Morgan fingerprint density at radius 2 is 1.77 bits per heavy atom. The van der Waals surface area contributed by atoms with Crippen LogP contribution in [-0.2, 0) is 13.5 Å². The molecule has 0 radical (unpaired) electrons. The van der Waals surface area contributed by atoms with E-state index in [4.69, 9.17) is 0 Å². The standard InChI is InChI=1S/C19H37N5O.HI/c1-7-11-19(25,12-8-2)14-22-18(20-9-3)21-13-10-17-15(4)23-24(6)16(17)5;/h25H,7-14H2,1-6H3,(H2,20,21,22);1H. The fourth-order valence-electron chi connectivity index (χ4n) is 3.27. The Morgan fingerprint density at radius 1 is 1.15 bits per heavy atom. The van der Waals surface area contributed by atoms with Crippen LogP contribution in [0.1, 0.15) is 63.4 Å². The van der Waals surface area contributed by atoms with Gasteiger partial charge in [-0.2, -0.15) is 5.10 Å². The van der Waals surface area contributed by atoms with Crippen molar-refractivity contribution in [1.29, 1.82) is 0 Å². The molecule has 0 atom stereocenters. The summed E-state index contributed by atoms with van der Waals surface area (Å²) in [6.45, 7) is 12.4. The van der Waals surface area contributed by atoms with Gasteiger partial charge in [0.15, 0.2) is 5.96 Å². The average Bonchev–Trinajstić information content (AvgIpc) is 2.79. The van der Waals surface area contributed by atoms with E-state index in [1.54, 1.807) is 0 Å². The van der Waals surface area contributed by atoms with Gasteiger partial charge in [-0.3, -0.25) is 9.67 Å². The van der Waals surface area contributed by atoms with Crippen molar-refractivity contribution < 1.29 is 5.11 Å². The van der Waals surface area contributed by atoms with E-state index in [0.717, 1.165) is 56.8 Å². The van der Waals surface area contributed by atoms with E-state index in [0.29, 0.717) is 6.54 Å². The number of nitrogens with zero attached hydrogens (tertiary/aromatic N) is 3. The monoisotopic (exact) mass is 479 g/mol. The van der Waals surface area contributed by atoms with Crippen LogP contribution in [0.3, 0.4) is 0 Å². The van der Waals surface area contributed by atoms with Crippen LogP contribution in [0.15, 0.2) is 4.99 Å². The van der Waals surface area contributed by atoms with Gasteiger partial charge in [-0.1, -0.05) is 26.7 Å². The molecule has 0 fully saturated rings. The lowest BCUT2D eigenvalue weighted by atomic mass is 9.93. The first kappa shape index (κ1) is 25.2. The Kier molecular flexibility index (Phi) is 12.1. The van der Waals surface area contributed by atoms with E-state index in [9.17, 15) is 5.11 Å². The molecule has 1 aromatic heterocycles. The molecule has 1 aromatic rings. The van der Waals surface area contributed by atoms with Gasteiger partial charge in [0.25, 0.3) is 0 Å². The number of hydrogen-bond acceptors (Lipinski definition) is 3. The fraction of sp³-hybridized carbons (Fsp3) is 0.789. The van der Waals surface area contributed by atoms with Crippen LogP contribution >= 0.6 is 24.0 Å². The van der Waals surface area contributed by atoms with Crippen LogP contribution in [0.2, 0.25) is 0 Å². The Balaban J connectivity index is 0.00000625. The topological polar surface area (TPSA) is 74.5 Å². The van der Waals surface area contributed by atoms with Crippen molar-refractivity contribution in [3.05, 3.63) is 17.0 Å². The zero-order chi connectivity index (χ0) is 18.9. The maximum absolute atomic E-state index is 10.7. The second kappa shape index (κ2) is 12.5. The second-order valence-corrected chi connectivity index (χ2v) is 6.87. The molecule has 0 saturated heterocycles. The first-order chi connectivity index (χ1) is 11.9. The van der Waals surface area contributed by atoms with E-state index in [2.05, 4.69) is 55.3 Å². The fourth-order valence-corrected chi connectivity index (χ4v) is 3.27. The summed E-state index contributed by atoms with van der Waals surface area (Å²) in [5, 5.41) is 21.8. The molecular weight excluding hydrogens is 441 g/mol. The summed E-state index contributed by atoms with van der Waals surface area (Å²) in [4.78, 5) is 4.63. The van der Waals surface area contributed by atoms with E-state index >= 15 is 0 Å². The Labute approximate surface area is 176 Å². The molecule has 0 aliphatic heterocycles. The van der Waals surface area contributed by atoms with Gasteiger partial charge in [-0.15, -0.1) is 24.0 Å². The second-order valence-electron chi connectivity index (χ2n) is 6.87. The minimum atomic E-state index is -0.692. The highest BCUT2D eigenvalue weighted by molar-refractivity contribution is 14.0. The third-order valence-electron chi connectivity index (χ3n) is 4.63. The molecule has 0 aromatic carbocycles. The normalized spacial score (nSPS) is 12.0. The number of hydrogen-bond donors (Lipinski definition) is 3. The number of aryl methyl sites for hydroxylation is 2. The van der Waals surface area contributed by atoms with Gasteiger partial charge in [0.1, 0.15) is 0 Å². The molecule has 0 bridgehead atoms. The predicted octanol–water partition coefficient (Wildman–Crippen LogP) is 3.08. The van der Waals surface area contributed by atoms with Gasteiger partial charge in [-0.25, -0.2) is 0 Å². The summed E-state index contributed by atoms with van der Waals surface area (Å²) >= 11 is 0. The molecule has 1 rings (SSSR count). The minimum absolute atomic E-state index is 0. The number of halogens is 1. The molecule has 26 heavy (non-hydrogen) atoms. The smallest absolute Gasteiger partial charge is 0.191 e. The maximum atomic E-state index is 10.7. The molecule has 0 aliphatic carbocycles. The number of aliphatic hydroxyl groups is 1. The lowest BCUT2D eigenvalue weighted by Crippen LogP contribution is -2.41. The van der Waals surface area contributed by atoms with Crippen LogP contribution in [0, 0.1) is 13.8 Å². The van der Waals surface area contributed by atoms with Gasteiger partial charge < -0.3 is 15.7 Å². The van der Waals surface area contributed by atoms with Crippen molar-refractivity contribution in [2.45, 2.75) is 72.3 Å². The largest absolute Gasteiger partial charge is 0.388 e. The number of aliphatic imine (C=N–C) groups is 1. The van der Waals surface area contributed by atoms with Crippen LogP contribution in [-0.4, -0.2) is 46.1 Å². The van der Waals surface area contributed by atoms with Crippen molar-refractivity contribution >= 4 is 29.9 Å². The quantitative estimate of drug-likeness (QED) is 0.274. The zero-order valence-corrected chi connectivity index (χ0v) is 19.7. The summed E-state index contributed by atoms with van der Waals surface area (Å²) < 4.78 is 1.93. The van der Waals surface area contributed by atoms with E-state index in [1.165, 1.54) is 11.3 Å². The zero-order valence-electron chi connectivity index (χ0n) is 17.4. The molecule has 0 amide bonds. The average molecular weight is 479 g/mol. The predicted molar refractivity (Wildman–Crippen MR) is 121 cm³/mol. The number of aromatic nitrogens is 2. The molecule has 0 spiro atoms. The van der Waals surface area contributed by atoms with Crippen molar-refractivity contribution in [2.75, 3.05) is 19.6 Å². The summed E-state index contributed by atoms with van der Waals surface area (Å²) in [6.07, 6.45) is 4.42. The molecule has 152 valence electrons. The molecular formula is C19H38IN5O. The molecule has 0 saturated carbocycles. The SMILES string of the molecule is CCCC(O)(CCC)CN=C(NCC)NCCc1c(C)nn(C)c1C.I. The van der Waals surface area contributed by atoms with Crippen molar-refractivity contribution in [3.8, 4) is 0 Å². The number of nitrogens with one attached hydrogen (secondary N) is 2. The van der Waals surface area contributed by atoms with Crippen LogP contribution in [0.4, 0.5) is 0 Å². The highest BCUT2D eigenvalue weighted by atomic mass is 127. The van der Waals surface area contributed by atoms with Gasteiger partial charge >= 0.3 is 0 Å². The summed E-state index contributed by atoms with van der Waals surface area (Å²) in [5.41, 5.74) is 2.90. The Hall–Kier alpha value is -0.830. The molecule has 0 unspecified atom stereocenters. The van der Waals surface area contributed by atoms with Crippen molar-refractivity contribution in [1.82, 2.24) is 20.4 Å². The van der Waals surface area contributed by atoms with Gasteiger partial charge in [-0.05, 0) is 45.6 Å². The van der Waals surface area contributed by atoms with E-state index in [-0.39, 0.29) is 24.0 Å². The maximum Gasteiger partial charge on any atom is 0.191 e. The van der Waals surface area contributed by atoms with Gasteiger partial charge in [0.2, 0.25) is 0 Å². The van der Waals surface area contributed by atoms with E-state index in [1.807, 2.05) is 11.7 Å². The Bertz CT molecular complexity index is 550. The van der Waals surface area contributed by atoms with Crippen LogP contribution in [0.5, 0.6) is 0 Å². The third-order valence-corrected chi connectivity index (χ3v) is 4.63. The highest BCUT2D eigenvalue weighted by Crippen LogP contribution is 2.19. The first-order valence-corrected chi connectivity index (χ1v) is 9.60. The van der Waals surface area contributed by atoms with Gasteiger partial charge in [0.05, 0.1) is 17.8 Å². The Morgan fingerprint density at radius 3 is 2.23 bits per heavy atom. The molecule has 3 N–H and O–H groups in total. The molecule has 1 heterocycles. The van der Waals surface area contributed by atoms with Crippen molar-refractivity contribution in [2.24, 2.45) is 12.0 Å². The van der Waals surface area contributed by atoms with Gasteiger partial charge in [0, 0.05) is 25.8 Å².